The highest BCUT2D eigenvalue weighted by atomic mass is 32.2. The lowest BCUT2D eigenvalue weighted by Crippen LogP contribution is -2.49. The number of sulfonamides is 1. The van der Waals surface area contributed by atoms with E-state index in [1.54, 1.807) is 0 Å². The molecule has 2 aromatic rings. The number of hydrogen-bond donors (Lipinski definition) is 0. The zero-order valence-electron chi connectivity index (χ0n) is 20.6. The van der Waals surface area contributed by atoms with Crippen molar-refractivity contribution in [1.29, 1.82) is 0 Å². The summed E-state index contributed by atoms with van der Waals surface area (Å²) >= 11 is 0. The molecule has 9 nitrogen and oxygen atoms in total. The van der Waals surface area contributed by atoms with Gasteiger partial charge in [0.05, 0.1) is 27.5 Å². The topological polar surface area (TPSA) is 108 Å². The molecule has 0 N–H and O–H groups in total. The summed E-state index contributed by atoms with van der Waals surface area (Å²) in [4.78, 5) is 20.6. The van der Waals surface area contributed by atoms with Crippen molar-refractivity contribution in [2.45, 2.75) is 36.3 Å². The molecule has 1 aliphatic carbocycles. The molecule has 0 unspecified atom stereocenters. The molecule has 0 spiro atoms. The van der Waals surface area contributed by atoms with Gasteiger partial charge in [-0.25, -0.2) is 21.8 Å². The average Bonchev–Trinajstić information content (AvgIpc) is 3.64. The fourth-order valence-corrected chi connectivity index (χ4v) is 7.41. The van der Waals surface area contributed by atoms with Crippen LogP contribution in [0.5, 0.6) is 0 Å². The van der Waals surface area contributed by atoms with E-state index in [4.69, 9.17) is 0 Å². The zero-order valence-corrected chi connectivity index (χ0v) is 22.2. The van der Waals surface area contributed by atoms with Crippen LogP contribution in [0, 0.1) is 0 Å². The molecule has 5 rings (SSSR count). The van der Waals surface area contributed by atoms with E-state index in [9.17, 15) is 34.8 Å². The molecule has 0 atom stereocenters. The maximum atomic E-state index is 13.4. The molecule has 1 amide bonds. The molecule has 2 aliphatic heterocycles. The van der Waals surface area contributed by atoms with Crippen LogP contribution in [0.3, 0.4) is 0 Å². The van der Waals surface area contributed by atoms with Crippen molar-refractivity contribution in [1.82, 2.24) is 9.88 Å². The Balaban J connectivity index is 1.36. The summed E-state index contributed by atoms with van der Waals surface area (Å²) < 4.78 is 90.6. The first-order chi connectivity index (χ1) is 17.8. The third kappa shape index (κ3) is 5.20. The van der Waals surface area contributed by atoms with Crippen molar-refractivity contribution in [2.75, 3.05) is 53.9 Å². The number of hydrogen-bond acceptors (Lipinski definition) is 7. The fourth-order valence-electron chi connectivity index (χ4n) is 4.96. The number of aromatic nitrogens is 1. The van der Waals surface area contributed by atoms with E-state index < -0.39 is 37.5 Å². The van der Waals surface area contributed by atoms with Crippen LogP contribution in [-0.2, 0) is 26.0 Å². The number of sulfone groups is 1. The molecule has 3 fully saturated rings. The number of nitrogens with zero attached hydrogens (tertiary/aromatic N) is 4. The van der Waals surface area contributed by atoms with Crippen molar-refractivity contribution < 1.29 is 34.8 Å². The second kappa shape index (κ2) is 9.40. The van der Waals surface area contributed by atoms with E-state index in [0.29, 0.717) is 30.9 Å². The van der Waals surface area contributed by atoms with E-state index in [1.807, 2.05) is 4.90 Å². The van der Waals surface area contributed by atoms with Gasteiger partial charge in [0.25, 0.3) is 5.91 Å². The van der Waals surface area contributed by atoms with Crippen LogP contribution in [0.2, 0.25) is 0 Å². The van der Waals surface area contributed by atoms with Gasteiger partial charge >= 0.3 is 6.18 Å². The average molecular weight is 573 g/mol. The first kappa shape index (κ1) is 26.7. The van der Waals surface area contributed by atoms with E-state index >= 15 is 0 Å². The van der Waals surface area contributed by atoms with Crippen LogP contribution in [0.1, 0.15) is 46.7 Å². The molecule has 3 heterocycles. The number of pyridine rings is 1. The molecule has 38 heavy (non-hydrogen) atoms. The number of piperazine rings is 1. The highest BCUT2D eigenvalue weighted by Crippen LogP contribution is 2.45. The second-order valence-corrected chi connectivity index (χ2v) is 13.9. The van der Waals surface area contributed by atoms with Gasteiger partial charge in [-0.2, -0.15) is 13.2 Å². The highest BCUT2D eigenvalue weighted by Gasteiger charge is 2.37. The van der Waals surface area contributed by atoms with Gasteiger partial charge in [0, 0.05) is 45.2 Å². The predicted molar refractivity (Wildman–Crippen MR) is 135 cm³/mol. The van der Waals surface area contributed by atoms with E-state index in [-0.39, 0.29) is 47.5 Å². The number of alkyl halides is 3. The first-order valence-corrected chi connectivity index (χ1v) is 15.7. The SMILES string of the molecule is CS(=O)(=O)c1cc(N2CCCS2(=O)=O)ccc1C(=O)N1CCN(c2ncc(C(F)(F)F)cc2C2CC2)CC1. The number of carbonyl (C=O) groups excluding carboxylic acids is 1. The van der Waals surface area contributed by atoms with Crippen LogP contribution < -0.4 is 9.21 Å². The minimum absolute atomic E-state index is 0.0254. The number of rotatable bonds is 5. The van der Waals surface area contributed by atoms with Gasteiger partial charge in [0.1, 0.15) is 5.82 Å². The van der Waals surface area contributed by atoms with Crippen LogP contribution >= 0.6 is 0 Å². The molecule has 0 radical (unpaired) electrons. The summed E-state index contributed by atoms with van der Waals surface area (Å²) in [6.45, 7) is 1.32. The van der Waals surface area contributed by atoms with Crippen LogP contribution in [0.15, 0.2) is 35.4 Å². The second-order valence-electron chi connectivity index (χ2n) is 9.88. The van der Waals surface area contributed by atoms with Gasteiger partial charge in [0.15, 0.2) is 9.84 Å². The highest BCUT2D eigenvalue weighted by molar-refractivity contribution is 7.93. The van der Waals surface area contributed by atoms with Crippen molar-refractivity contribution in [3.63, 3.8) is 0 Å². The van der Waals surface area contributed by atoms with Crippen molar-refractivity contribution in [3.8, 4) is 0 Å². The minimum atomic E-state index is -4.48. The van der Waals surface area contributed by atoms with Gasteiger partial charge in [0.2, 0.25) is 10.0 Å². The predicted octanol–water partition coefficient (Wildman–Crippen LogP) is 2.88. The Morgan fingerprint density at radius 1 is 1.05 bits per heavy atom. The molecule has 3 aliphatic rings. The van der Waals surface area contributed by atoms with Gasteiger partial charge in [-0.15, -0.1) is 0 Å². The summed E-state index contributed by atoms with van der Waals surface area (Å²) in [5.74, 6) is -0.0124. The summed E-state index contributed by atoms with van der Waals surface area (Å²) in [7, 11) is -7.40. The Kier molecular flexibility index (Phi) is 6.61. The van der Waals surface area contributed by atoms with Crippen LogP contribution in [0.4, 0.5) is 24.7 Å². The summed E-state index contributed by atoms with van der Waals surface area (Å²) in [6.07, 6.45) is -0.646. The lowest BCUT2D eigenvalue weighted by molar-refractivity contribution is -0.137. The quantitative estimate of drug-likeness (QED) is 0.542. The molecule has 1 aromatic heterocycles. The molecular weight excluding hydrogens is 545 g/mol. The third-order valence-corrected chi connectivity index (χ3v) is 10.1. The van der Waals surface area contributed by atoms with E-state index in [0.717, 1.165) is 35.7 Å². The number of amides is 1. The Morgan fingerprint density at radius 3 is 2.29 bits per heavy atom. The van der Waals surface area contributed by atoms with Crippen molar-refractivity contribution in [3.05, 3.63) is 47.2 Å². The molecular formula is C24H27F3N4O5S2. The van der Waals surface area contributed by atoms with E-state index in [2.05, 4.69) is 4.98 Å². The standard InChI is InChI=1S/C24H27F3N4O5S2/c1-37(33,34)21-14-18(31-7-2-12-38(31,35)36)5-6-19(21)23(32)30-10-8-29(9-11-30)22-20(16-3-4-16)13-17(15-28-22)24(25,26)27/h5-6,13-16H,2-4,7-12H2,1H3. The maximum absolute atomic E-state index is 13.4. The van der Waals surface area contributed by atoms with Gasteiger partial charge in [-0.1, -0.05) is 0 Å². The number of benzene rings is 1. The minimum Gasteiger partial charge on any atom is -0.353 e. The van der Waals surface area contributed by atoms with Crippen molar-refractivity contribution >= 4 is 37.3 Å². The van der Waals surface area contributed by atoms with Crippen LogP contribution in [0.25, 0.3) is 0 Å². The lowest BCUT2D eigenvalue weighted by Gasteiger charge is -2.36. The summed E-state index contributed by atoms with van der Waals surface area (Å²) in [6, 6.07) is 5.18. The normalized spacial score (nSPS) is 20.2. The van der Waals surface area contributed by atoms with Gasteiger partial charge < -0.3 is 9.80 Å². The molecule has 2 saturated heterocycles. The lowest BCUT2D eigenvalue weighted by atomic mass is 10.1. The molecule has 14 heteroatoms. The van der Waals surface area contributed by atoms with E-state index in [1.165, 1.54) is 23.1 Å². The Bertz CT molecular complexity index is 1480. The number of halogens is 3. The van der Waals surface area contributed by atoms with Crippen molar-refractivity contribution in [2.24, 2.45) is 0 Å². The molecule has 1 aromatic carbocycles. The Labute approximate surface area is 219 Å². The Hall–Kier alpha value is -2.87. The van der Waals surface area contributed by atoms with Gasteiger partial charge in [-0.05, 0) is 55.0 Å². The first-order valence-electron chi connectivity index (χ1n) is 12.2. The summed E-state index contributed by atoms with van der Waals surface area (Å²) in [5, 5.41) is 0. The van der Waals surface area contributed by atoms with Crippen LogP contribution in [-0.4, -0.2) is 77.4 Å². The monoisotopic (exact) mass is 572 g/mol. The number of carbonyl (C=O) groups is 1. The van der Waals surface area contributed by atoms with Gasteiger partial charge in [-0.3, -0.25) is 9.10 Å². The largest absolute Gasteiger partial charge is 0.417 e. The number of anilines is 2. The Morgan fingerprint density at radius 2 is 1.74 bits per heavy atom. The summed E-state index contributed by atoms with van der Waals surface area (Å²) in [5.41, 5.74) is -0.0697. The fraction of sp³-hybridized carbons (Fsp3) is 0.500. The molecule has 206 valence electrons. The maximum Gasteiger partial charge on any atom is 0.417 e. The molecule has 0 bridgehead atoms. The molecule has 1 saturated carbocycles. The third-order valence-electron chi connectivity index (χ3n) is 7.09. The smallest absolute Gasteiger partial charge is 0.353 e. The zero-order chi connectivity index (χ0) is 27.5.